The molecule has 0 aromatic rings. The van der Waals surface area contributed by atoms with Crippen molar-refractivity contribution in [2.75, 3.05) is 19.6 Å². The minimum absolute atomic E-state index is 0.293. The molecule has 0 aromatic carbocycles. The Hall–Kier alpha value is -2.03. The van der Waals surface area contributed by atoms with Crippen LogP contribution in [0.2, 0.25) is 0 Å². The van der Waals surface area contributed by atoms with Gasteiger partial charge in [0.25, 0.3) is 0 Å². The van der Waals surface area contributed by atoms with E-state index in [0.717, 1.165) is 51.0 Å². The first kappa shape index (κ1) is 19.0. The molecule has 0 aromatic heterocycles. The number of nitrogens with zero attached hydrogens (tertiary/aromatic N) is 2. The van der Waals surface area contributed by atoms with Gasteiger partial charge in [-0.1, -0.05) is 43.5 Å². The summed E-state index contributed by atoms with van der Waals surface area (Å²) in [5.74, 6) is 0. The van der Waals surface area contributed by atoms with Gasteiger partial charge in [-0.15, -0.1) is 0 Å². The molecule has 126 valence electrons. The lowest BCUT2D eigenvalue weighted by Gasteiger charge is -2.31. The normalized spacial score (nSPS) is 18.8. The van der Waals surface area contributed by atoms with Gasteiger partial charge in [0.2, 0.25) is 6.41 Å². The Bertz CT molecular complexity index is 488. The molecule has 0 N–H and O–H groups in total. The highest BCUT2D eigenvalue weighted by molar-refractivity contribution is 5.48. The lowest BCUT2D eigenvalue weighted by Crippen LogP contribution is -2.39. The average Bonchev–Trinajstić information content (AvgIpc) is 3.01. The first-order chi connectivity index (χ1) is 11.2. The van der Waals surface area contributed by atoms with Crippen molar-refractivity contribution in [3.63, 3.8) is 0 Å². The van der Waals surface area contributed by atoms with Crippen LogP contribution in [0.5, 0.6) is 0 Å². The highest BCUT2D eigenvalue weighted by Gasteiger charge is 2.25. The molecule has 1 heterocycles. The minimum atomic E-state index is 0.293. The van der Waals surface area contributed by atoms with E-state index >= 15 is 0 Å². The number of amides is 1. The Morgan fingerprint density at radius 2 is 2.13 bits per heavy atom. The van der Waals surface area contributed by atoms with E-state index in [2.05, 4.69) is 24.1 Å². The van der Waals surface area contributed by atoms with E-state index in [9.17, 15) is 4.79 Å². The Morgan fingerprint density at radius 3 is 2.74 bits per heavy atom. The second-order valence-corrected chi connectivity index (χ2v) is 5.80. The van der Waals surface area contributed by atoms with E-state index < -0.39 is 0 Å². The molecule has 1 aliphatic rings. The van der Waals surface area contributed by atoms with Gasteiger partial charge in [-0.2, -0.15) is 0 Å². The first-order valence-electron chi connectivity index (χ1n) is 8.38. The number of allylic oxidation sites excluding steroid dienone is 6. The monoisotopic (exact) mass is 314 g/mol. The largest absolute Gasteiger partial charge is 0.370 e. The van der Waals surface area contributed by atoms with Crippen LogP contribution in [0.4, 0.5) is 0 Å². The second-order valence-electron chi connectivity index (χ2n) is 5.80. The average molecular weight is 314 g/mol. The molecule has 0 aliphatic carbocycles. The standard InChI is InChI=1S/C20H30N2O/c1-5-8-11-19(7-3)13-15-21(18(4)10-6-2)16-20-12-9-14-22(20)17-23/h5-8,10-11,17,20H,3-4,9,12-16H2,1-2H3/b8-5-,10-6+,19-11+. The van der Waals surface area contributed by atoms with Crippen LogP contribution >= 0.6 is 0 Å². The summed E-state index contributed by atoms with van der Waals surface area (Å²) < 4.78 is 0. The third-order valence-electron chi connectivity index (χ3n) is 4.19. The molecule has 3 heteroatoms. The molecule has 1 saturated heterocycles. The van der Waals surface area contributed by atoms with E-state index in [0.29, 0.717) is 6.04 Å². The summed E-state index contributed by atoms with van der Waals surface area (Å²) >= 11 is 0. The maximum Gasteiger partial charge on any atom is 0.210 e. The minimum Gasteiger partial charge on any atom is -0.370 e. The molecule has 0 saturated carbocycles. The number of hydrogen-bond donors (Lipinski definition) is 0. The zero-order valence-corrected chi connectivity index (χ0v) is 14.6. The van der Waals surface area contributed by atoms with Crippen molar-refractivity contribution < 1.29 is 4.79 Å². The van der Waals surface area contributed by atoms with Crippen molar-refractivity contribution >= 4 is 6.41 Å². The summed E-state index contributed by atoms with van der Waals surface area (Å²) in [5.41, 5.74) is 2.21. The van der Waals surface area contributed by atoms with E-state index in [4.69, 9.17) is 0 Å². The molecule has 3 nitrogen and oxygen atoms in total. The molecule has 1 unspecified atom stereocenters. The van der Waals surface area contributed by atoms with Gasteiger partial charge in [0.15, 0.2) is 0 Å². The molecule has 1 amide bonds. The summed E-state index contributed by atoms with van der Waals surface area (Å²) in [4.78, 5) is 15.4. The van der Waals surface area contributed by atoms with Crippen LogP contribution in [0, 0.1) is 0 Å². The molecular formula is C20H30N2O. The van der Waals surface area contributed by atoms with E-state index in [1.165, 1.54) is 5.57 Å². The maximum atomic E-state index is 11.2. The molecule has 0 bridgehead atoms. The van der Waals surface area contributed by atoms with Crippen LogP contribution in [-0.2, 0) is 4.79 Å². The van der Waals surface area contributed by atoms with Gasteiger partial charge < -0.3 is 9.80 Å². The molecule has 1 rings (SSSR count). The number of hydrogen-bond acceptors (Lipinski definition) is 2. The zero-order chi connectivity index (χ0) is 17.1. The lowest BCUT2D eigenvalue weighted by atomic mass is 10.1. The highest BCUT2D eigenvalue weighted by Crippen LogP contribution is 2.19. The third-order valence-corrected chi connectivity index (χ3v) is 4.19. The second kappa shape index (κ2) is 10.7. The lowest BCUT2D eigenvalue weighted by molar-refractivity contribution is -0.119. The van der Waals surface area contributed by atoms with Crippen molar-refractivity contribution in [2.24, 2.45) is 0 Å². The number of carbonyl (C=O) groups excluding carboxylic acids is 1. The van der Waals surface area contributed by atoms with E-state index in [1.807, 2.05) is 49.1 Å². The van der Waals surface area contributed by atoms with Crippen LogP contribution in [0.1, 0.15) is 33.1 Å². The number of rotatable bonds is 10. The summed E-state index contributed by atoms with van der Waals surface area (Å²) in [5, 5.41) is 0. The Labute approximate surface area is 141 Å². The van der Waals surface area contributed by atoms with E-state index in [-0.39, 0.29) is 0 Å². The fourth-order valence-corrected chi connectivity index (χ4v) is 2.83. The Balaban J connectivity index is 2.74. The fraction of sp³-hybridized carbons (Fsp3) is 0.450. The van der Waals surface area contributed by atoms with Gasteiger partial charge in [-0.25, -0.2) is 0 Å². The predicted molar refractivity (Wildman–Crippen MR) is 99.0 cm³/mol. The third kappa shape index (κ3) is 6.31. The maximum absolute atomic E-state index is 11.2. The van der Waals surface area contributed by atoms with E-state index in [1.54, 1.807) is 0 Å². The van der Waals surface area contributed by atoms with Gasteiger partial charge >= 0.3 is 0 Å². The summed E-state index contributed by atoms with van der Waals surface area (Å²) in [6, 6.07) is 0.293. The molecule has 0 spiro atoms. The zero-order valence-electron chi connectivity index (χ0n) is 14.6. The van der Waals surface area contributed by atoms with Crippen molar-refractivity contribution in [1.82, 2.24) is 9.80 Å². The van der Waals surface area contributed by atoms with Gasteiger partial charge in [0, 0.05) is 31.4 Å². The summed E-state index contributed by atoms with van der Waals surface area (Å²) in [6.07, 6.45) is 16.1. The first-order valence-corrected chi connectivity index (χ1v) is 8.38. The molecule has 0 radical (unpaired) electrons. The molecule has 23 heavy (non-hydrogen) atoms. The summed E-state index contributed by atoms with van der Waals surface area (Å²) in [6.45, 7) is 14.7. The molecular weight excluding hydrogens is 284 g/mol. The smallest absolute Gasteiger partial charge is 0.210 e. The van der Waals surface area contributed by atoms with Crippen molar-refractivity contribution in [1.29, 1.82) is 0 Å². The van der Waals surface area contributed by atoms with Crippen molar-refractivity contribution in [3.05, 3.63) is 60.9 Å². The quantitative estimate of drug-likeness (QED) is 0.448. The molecule has 1 aliphatic heterocycles. The molecule has 1 atom stereocenters. The van der Waals surface area contributed by atoms with Gasteiger partial charge in [0.1, 0.15) is 0 Å². The number of likely N-dealkylation sites (tertiary alicyclic amines) is 1. The predicted octanol–water partition coefficient (Wildman–Crippen LogP) is 4.08. The van der Waals surface area contributed by atoms with Crippen LogP contribution in [-0.4, -0.2) is 41.9 Å². The van der Waals surface area contributed by atoms with Gasteiger partial charge in [-0.3, -0.25) is 4.79 Å². The van der Waals surface area contributed by atoms with Crippen LogP contribution in [0.15, 0.2) is 60.9 Å². The summed E-state index contributed by atoms with van der Waals surface area (Å²) in [7, 11) is 0. The fourth-order valence-electron chi connectivity index (χ4n) is 2.83. The Kier molecular flexibility index (Phi) is 8.81. The SMILES string of the molecule is C=C/C(=C\C=C/C)CCN(CC1CCCN1C=O)C(=C)/C=C/C. The van der Waals surface area contributed by atoms with Gasteiger partial charge in [-0.05, 0) is 44.8 Å². The topological polar surface area (TPSA) is 23.6 Å². The molecule has 1 fully saturated rings. The Morgan fingerprint density at radius 1 is 1.35 bits per heavy atom. The van der Waals surface area contributed by atoms with Crippen molar-refractivity contribution in [2.45, 2.75) is 39.2 Å². The van der Waals surface area contributed by atoms with Crippen molar-refractivity contribution in [3.8, 4) is 0 Å². The van der Waals surface area contributed by atoms with Gasteiger partial charge in [0.05, 0.1) is 0 Å². The van der Waals surface area contributed by atoms with Crippen LogP contribution in [0.3, 0.4) is 0 Å². The van der Waals surface area contributed by atoms with Crippen LogP contribution < -0.4 is 0 Å². The highest BCUT2D eigenvalue weighted by atomic mass is 16.1. The van der Waals surface area contributed by atoms with Crippen LogP contribution in [0.25, 0.3) is 0 Å². The number of carbonyl (C=O) groups is 1.